The number of benzene rings is 1. The van der Waals surface area contributed by atoms with E-state index in [-0.39, 0.29) is 24.4 Å². The molecular weight excluding hydrogens is 318 g/mol. The summed E-state index contributed by atoms with van der Waals surface area (Å²) in [6, 6.07) is 6.02. The topological polar surface area (TPSA) is 86.8 Å². The molecule has 8 heteroatoms. The lowest BCUT2D eigenvalue weighted by Gasteiger charge is -2.23. The van der Waals surface area contributed by atoms with Crippen molar-refractivity contribution in [3.8, 4) is 0 Å². The van der Waals surface area contributed by atoms with E-state index in [0.717, 1.165) is 10.6 Å². The van der Waals surface area contributed by atoms with E-state index in [4.69, 9.17) is 0 Å². The third kappa shape index (κ3) is 5.55. The van der Waals surface area contributed by atoms with Crippen LogP contribution in [-0.2, 0) is 14.8 Å². The second kappa shape index (κ2) is 7.45. The fraction of sp³-hybridized carbons (Fsp3) is 0.467. The molecule has 0 unspecified atom stereocenters. The van der Waals surface area contributed by atoms with Crippen molar-refractivity contribution in [2.75, 3.05) is 31.2 Å². The highest BCUT2D eigenvalue weighted by Gasteiger charge is 2.21. The summed E-state index contributed by atoms with van der Waals surface area (Å²) < 4.78 is 24.9. The van der Waals surface area contributed by atoms with E-state index in [1.165, 1.54) is 29.2 Å². The zero-order valence-electron chi connectivity index (χ0n) is 14.0. The quantitative estimate of drug-likeness (QED) is 0.824. The van der Waals surface area contributed by atoms with Gasteiger partial charge in [0.1, 0.15) is 6.54 Å². The van der Waals surface area contributed by atoms with E-state index >= 15 is 0 Å². The molecule has 0 radical (unpaired) electrons. The molecule has 0 spiro atoms. The molecule has 1 aromatic rings. The summed E-state index contributed by atoms with van der Waals surface area (Å²) in [5, 5.41) is 2.65. The summed E-state index contributed by atoms with van der Waals surface area (Å²) in [6.07, 6.45) is 1.04. The van der Waals surface area contributed by atoms with Gasteiger partial charge >= 0.3 is 0 Å². The van der Waals surface area contributed by atoms with Crippen molar-refractivity contribution in [2.45, 2.75) is 19.9 Å². The Morgan fingerprint density at radius 1 is 1.13 bits per heavy atom. The van der Waals surface area contributed by atoms with Gasteiger partial charge in [-0.3, -0.25) is 13.9 Å². The molecule has 0 aliphatic rings. The number of rotatable bonds is 6. The predicted octanol–water partition coefficient (Wildman–Crippen LogP) is 0.679. The number of hydrogen-bond acceptors (Lipinski definition) is 4. The number of anilines is 1. The van der Waals surface area contributed by atoms with Gasteiger partial charge in [-0.05, 0) is 38.1 Å². The van der Waals surface area contributed by atoms with E-state index in [1.807, 2.05) is 0 Å². The minimum atomic E-state index is -3.62. The van der Waals surface area contributed by atoms with Crippen LogP contribution in [0, 0.1) is 0 Å². The van der Waals surface area contributed by atoms with Crippen molar-refractivity contribution in [3.63, 3.8) is 0 Å². The maximum absolute atomic E-state index is 12.0. The molecule has 0 atom stereocenters. The molecule has 2 amide bonds. The van der Waals surface area contributed by atoms with Crippen LogP contribution in [-0.4, -0.2) is 58.1 Å². The van der Waals surface area contributed by atoms with Crippen LogP contribution in [0.4, 0.5) is 5.69 Å². The highest BCUT2D eigenvalue weighted by Crippen LogP contribution is 2.18. The Morgan fingerprint density at radius 2 is 1.65 bits per heavy atom. The van der Waals surface area contributed by atoms with Crippen LogP contribution < -0.4 is 9.62 Å². The Bertz CT molecular complexity index is 666. The molecular formula is C15H23N3O4S. The van der Waals surface area contributed by atoms with Crippen LogP contribution in [0.1, 0.15) is 24.2 Å². The van der Waals surface area contributed by atoms with Gasteiger partial charge in [-0.2, -0.15) is 0 Å². The maximum Gasteiger partial charge on any atom is 0.253 e. The maximum atomic E-state index is 12.0. The van der Waals surface area contributed by atoms with Gasteiger partial charge < -0.3 is 10.2 Å². The van der Waals surface area contributed by atoms with E-state index in [0.29, 0.717) is 11.3 Å². The highest BCUT2D eigenvalue weighted by molar-refractivity contribution is 7.92. The molecule has 23 heavy (non-hydrogen) atoms. The van der Waals surface area contributed by atoms with Gasteiger partial charge in [-0.25, -0.2) is 8.42 Å². The summed E-state index contributed by atoms with van der Waals surface area (Å²) in [4.78, 5) is 25.2. The fourth-order valence-corrected chi connectivity index (χ4v) is 2.78. The summed E-state index contributed by atoms with van der Waals surface area (Å²) in [7, 11) is -0.353. The van der Waals surface area contributed by atoms with Crippen LogP contribution in [0.5, 0.6) is 0 Å². The molecule has 0 aliphatic carbocycles. The Balaban J connectivity index is 3.05. The minimum Gasteiger partial charge on any atom is -0.352 e. The number of nitrogens with zero attached hydrogens (tertiary/aromatic N) is 2. The molecule has 0 heterocycles. The molecule has 7 nitrogen and oxygen atoms in total. The average Bonchev–Trinajstić information content (AvgIpc) is 2.42. The third-order valence-electron chi connectivity index (χ3n) is 2.95. The SMILES string of the molecule is CC(C)NC(=O)CN(c1ccc(C(=O)N(C)C)cc1)S(C)(=O)=O. The van der Waals surface area contributed by atoms with E-state index in [9.17, 15) is 18.0 Å². The van der Waals surface area contributed by atoms with Gasteiger partial charge in [-0.15, -0.1) is 0 Å². The Hall–Kier alpha value is -2.09. The van der Waals surface area contributed by atoms with Crippen LogP contribution in [0.2, 0.25) is 0 Å². The van der Waals surface area contributed by atoms with Gasteiger partial charge in [0.15, 0.2) is 0 Å². The van der Waals surface area contributed by atoms with E-state index in [1.54, 1.807) is 27.9 Å². The lowest BCUT2D eigenvalue weighted by molar-refractivity contribution is -0.120. The summed E-state index contributed by atoms with van der Waals surface area (Å²) in [6.45, 7) is 3.28. The molecule has 0 saturated heterocycles. The zero-order valence-corrected chi connectivity index (χ0v) is 14.8. The van der Waals surface area contributed by atoms with Gasteiger partial charge in [0.2, 0.25) is 15.9 Å². The molecule has 1 N–H and O–H groups in total. The molecule has 0 bridgehead atoms. The second-order valence-electron chi connectivity index (χ2n) is 5.74. The zero-order chi connectivity index (χ0) is 17.8. The van der Waals surface area contributed by atoms with Crippen molar-refractivity contribution in [2.24, 2.45) is 0 Å². The van der Waals surface area contributed by atoms with Crippen molar-refractivity contribution in [1.82, 2.24) is 10.2 Å². The Labute approximate surface area is 137 Å². The first-order valence-corrected chi connectivity index (χ1v) is 8.96. The first-order valence-electron chi connectivity index (χ1n) is 7.11. The first kappa shape index (κ1) is 19.0. The summed E-state index contributed by atoms with van der Waals surface area (Å²) in [5.74, 6) is -0.570. The van der Waals surface area contributed by atoms with Crippen molar-refractivity contribution < 1.29 is 18.0 Å². The Kier molecular flexibility index (Phi) is 6.14. The number of sulfonamides is 1. The van der Waals surface area contributed by atoms with Gasteiger partial charge in [0, 0.05) is 25.7 Å². The van der Waals surface area contributed by atoms with Crippen molar-refractivity contribution in [3.05, 3.63) is 29.8 Å². The lowest BCUT2D eigenvalue weighted by atomic mass is 10.2. The van der Waals surface area contributed by atoms with Gasteiger partial charge in [0.05, 0.1) is 11.9 Å². The van der Waals surface area contributed by atoms with Crippen molar-refractivity contribution in [1.29, 1.82) is 0 Å². The van der Waals surface area contributed by atoms with E-state index in [2.05, 4.69) is 5.32 Å². The standard InChI is InChI=1S/C15H23N3O4S/c1-11(2)16-14(19)10-18(23(5,21)22)13-8-6-12(7-9-13)15(20)17(3)4/h6-9,11H,10H2,1-5H3,(H,16,19). The normalized spacial score (nSPS) is 11.2. The van der Waals surface area contributed by atoms with Crippen LogP contribution in [0.15, 0.2) is 24.3 Å². The first-order chi connectivity index (χ1) is 10.5. The number of nitrogens with one attached hydrogen (secondary N) is 1. The highest BCUT2D eigenvalue weighted by atomic mass is 32.2. The van der Waals surface area contributed by atoms with Crippen LogP contribution >= 0.6 is 0 Å². The molecule has 0 aromatic heterocycles. The summed E-state index contributed by atoms with van der Waals surface area (Å²) in [5.41, 5.74) is 0.778. The number of amides is 2. The average molecular weight is 341 g/mol. The second-order valence-corrected chi connectivity index (χ2v) is 7.65. The predicted molar refractivity (Wildman–Crippen MR) is 89.9 cm³/mol. The monoisotopic (exact) mass is 341 g/mol. The van der Waals surface area contributed by atoms with E-state index < -0.39 is 10.0 Å². The smallest absolute Gasteiger partial charge is 0.253 e. The van der Waals surface area contributed by atoms with Crippen LogP contribution in [0.3, 0.4) is 0 Å². The number of hydrogen-bond donors (Lipinski definition) is 1. The molecule has 0 fully saturated rings. The fourth-order valence-electron chi connectivity index (χ4n) is 1.93. The Morgan fingerprint density at radius 3 is 2.04 bits per heavy atom. The molecule has 0 saturated carbocycles. The minimum absolute atomic E-state index is 0.0796. The lowest BCUT2D eigenvalue weighted by Crippen LogP contribution is -2.42. The van der Waals surface area contributed by atoms with Gasteiger partial charge in [0.25, 0.3) is 5.91 Å². The van der Waals surface area contributed by atoms with Crippen LogP contribution in [0.25, 0.3) is 0 Å². The number of carbonyl (C=O) groups is 2. The molecule has 0 aliphatic heterocycles. The molecule has 128 valence electrons. The largest absolute Gasteiger partial charge is 0.352 e. The third-order valence-corrected chi connectivity index (χ3v) is 4.09. The number of carbonyl (C=O) groups excluding carboxylic acids is 2. The molecule has 1 rings (SSSR count). The van der Waals surface area contributed by atoms with Gasteiger partial charge in [-0.1, -0.05) is 0 Å². The summed E-state index contributed by atoms with van der Waals surface area (Å²) >= 11 is 0. The van der Waals surface area contributed by atoms with Crippen molar-refractivity contribution >= 4 is 27.5 Å². The molecule has 1 aromatic carbocycles.